The molecule has 18 heavy (non-hydrogen) atoms. The van der Waals surface area contributed by atoms with Crippen molar-refractivity contribution in [3.05, 3.63) is 26.6 Å². The average Bonchev–Trinajstić information content (AvgIpc) is 2.24. The quantitative estimate of drug-likeness (QED) is 0.771. The van der Waals surface area contributed by atoms with E-state index in [1.54, 1.807) is 0 Å². The van der Waals surface area contributed by atoms with Gasteiger partial charge in [0.2, 0.25) is 0 Å². The first-order chi connectivity index (χ1) is 8.40. The van der Waals surface area contributed by atoms with Crippen molar-refractivity contribution < 1.29 is 4.74 Å². The molecule has 2 nitrogen and oxygen atoms in total. The fourth-order valence-corrected chi connectivity index (χ4v) is 2.93. The normalized spacial score (nSPS) is 11.3. The minimum absolute atomic E-state index is 0.486. The van der Waals surface area contributed by atoms with Gasteiger partial charge in [0.05, 0.1) is 15.6 Å². The molecule has 0 saturated carbocycles. The minimum Gasteiger partial charge on any atom is -0.491 e. The first-order valence-electron chi connectivity index (χ1n) is 6.24. The van der Waals surface area contributed by atoms with Crippen LogP contribution in [0.1, 0.15) is 33.3 Å². The monoisotopic (exact) mass is 377 g/mol. The van der Waals surface area contributed by atoms with Crippen LogP contribution in [-0.4, -0.2) is 12.6 Å². The SMILES string of the molecule is CC(C)COc1c(Br)cc(CNC(C)C)cc1Br. The number of hydrogen-bond acceptors (Lipinski definition) is 2. The number of benzene rings is 1. The topological polar surface area (TPSA) is 21.3 Å². The highest BCUT2D eigenvalue weighted by Crippen LogP contribution is 2.35. The third kappa shape index (κ3) is 5.29. The van der Waals surface area contributed by atoms with Crippen LogP contribution in [0, 0.1) is 5.92 Å². The van der Waals surface area contributed by atoms with Gasteiger partial charge in [0, 0.05) is 12.6 Å². The summed E-state index contributed by atoms with van der Waals surface area (Å²) in [5, 5.41) is 3.40. The predicted octanol–water partition coefficient (Wildman–Crippen LogP) is 4.74. The molecule has 0 unspecified atom stereocenters. The fourth-order valence-electron chi connectivity index (χ4n) is 1.42. The zero-order chi connectivity index (χ0) is 13.7. The molecule has 0 saturated heterocycles. The van der Waals surface area contributed by atoms with Crippen LogP contribution in [0.5, 0.6) is 5.75 Å². The molecule has 0 amide bonds. The number of nitrogens with one attached hydrogen (secondary N) is 1. The van der Waals surface area contributed by atoms with Gasteiger partial charge in [-0.15, -0.1) is 0 Å². The van der Waals surface area contributed by atoms with Gasteiger partial charge in [0.25, 0.3) is 0 Å². The molecule has 0 fully saturated rings. The van der Waals surface area contributed by atoms with Crippen molar-refractivity contribution in [2.24, 2.45) is 5.92 Å². The van der Waals surface area contributed by atoms with E-state index in [2.05, 4.69) is 77.0 Å². The van der Waals surface area contributed by atoms with Gasteiger partial charge in [-0.05, 0) is 55.5 Å². The summed E-state index contributed by atoms with van der Waals surface area (Å²) < 4.78 is 7.79. The van der Waals surface area contributed by atoms with Gasteiger partial charge in [0.15, 0.2) is 0 Å². The Labute approximate surface area is 127 Å². The zero-order valence-electron chi connectivity index (χ0n) is 11.4. The molecule has 0 aliphatic rings. The van der Waals surface area contributed by atoms with Gasteiger partial charge in [-0.25, -0.2) is 0 Å². The summed E-state index contributed by atoms with van der Waals surface area (Å²) in [6.45, 7) is 10.2. The Morgan fingerprint density at radius 3 is 2.11 bits per heavy atom. The molecule has 0 aliphatic heterocycles. The lowest BCUT2D eigenvalue weighted by atomic mass is 10.2. The summed E-state index contributed by atoms with van der Waals surface area (Å²) in [4.78, 5) is 0. The van der Waals surface area contributed by atoms with E-state index in [-0.39, 0.29) is 0 Å². The highest BCUT2D eigenvalue weighted by Gasteiger charge is 2.10. The average molecular weight is 379 g/mol. The molecule has 0 heterocycles. The Kier molecular flexibility index (Phi) is 6.67. The van der Waals surface area contributed by atoms with Crippen LogP contribution in [0.2, 0.25) is 0 Å². The molecule has 0 bridgehead atoms. The summed E-state index contributed by atoms with van der Waals surface area (Å²) in [7, 11) is 0. The predicted molar refractivity (Wildman–Crippen MR) is 84.2 cm³/mol. The van der Waals surface area contributed by atoms with Crippen molar-refractivity contribution in [3.8, 4) is 5.75 Å². The van der Waals surface area contributed by atoms with Gasteiger partial charge < -0.3 is 10.1 Å². The van der Waals surface area contributed by atoms with E-state index in [1.165, 1.54) is 5.56 Å². The van der Waals surface area contributed by atoms with E-state index in [0.29, 0.717) is 12.0 Å². The second-order valence-electron chi connectivity index (χ2n) is 5.13. The van der Waals surface area contributed by atoms with Crippen molar-refractivity contribution in [1.29, 1.82) is 0 Å². The van der Waals surface area contributed by atoms with Crippen molar-refractivity contribution >= 4 is 31.9 Å². The number of rotatable bonds is 6. The maximum absolute atomic E-state index is 5.80. The van der Waals surface area contributed by atoms with Crippen LogP contribution in [0.4, 0.5) is 0 Å². The number of halogens is 2. The molecule has 0 aromatic heterocycles. The molecule has 1 rings (SSSR count). The van der Waals surface area contributed by atoms with E-state index >= 15 is 0 Å². The van der Waals surface area contributed by atoms with E-state index in [0.717, 1.165) is 27.8 Å². The van der Waals surface area contributed by atoms with Crippen molar-refractivity contribution in [3.63, 3.8) is 0 Å². The molecule has 102 valence electrons. The van der Waals surface area contributed by atoms with Crippen LogP contribution in [0.3, 0.4) is 0 Å². The third-order valence-electron chi connectivity index (χ3n) is 2.33. The highest BCUT2D eigenvalue weighted by molar-refractivity contribution is 9.11. The Morgan fingerprint density at radius 1 is 1.11 bits per heavy atom. The molecule has 0 atom stereocenters. The van der Waals surface area contributed by atoms with E-state index in [1.807, 2.05) is 0 Å². The smallest absolute Gasteiger partial charge is 0.147 e. The lowest BCUT2D eigenvalue weighted by Crippen LogP contribution is -2.21. The lowest BCUT2D eigenvalue weighted by Gasteiger charge is -2.14. The summed E-state index contributed by atoms with van der Waals surface area (Å²) in [6.07, 6.45) is 0. The summed E-state index contributed by atoms with van der Waals surface area (Å²) in [5.41, 5.74) is 1.24. The van der Waals surface area contributed by atoms with Crippen LogP contribution in [-0.2, 0) is 6.54 Å². The largest absolute Gasteiger partial charge is 0.491 e. The number of hydrogen-bond donors (Lipinski definition) is 1. The molecule has 1 aromatic rings. The fraction of sp³-hybridized carbons (Fsp3) is 0.571. The molecule has 0 aliphatic carbocycles. The second kappa shape index (κ2) is 7.51. The zero-order valence-corrected chi connectivity index (χ0v) is 14.6. The van der Waals surface area contributed by atoms with Crippen LogP contribution < -0.4 is 10.1 Å². The third-order valence-corrected chi connectivity index (χ3v) is 3.51. The summed E-state index contributed by atoms with van der Waals surface area (Å²) >= 11 is 7.14. The van der Waals surface area contributed by atoms with E-state index in [9.17, 15) is 0 Å². The lowest BCUT2D eigenvalue weighted by molar-refractivity contribution is 0.268. The van der Waals surface area contributed by atoms with Crippen molar-refractivity contribution in [2.45, 2.75) is 40.3 Å². The highest BCUT2D eigenvalue weighted by atomic mass is 79.9. The van der Waals surface area contributed by atoms with Crippen molar-refractivity contribution in [2.75, 3.05) is 6.61 Å². The van der Waals surface area contributed by atoms with Crippen LogP contribution >= 0.6 is 31.9 Å². The standard InChI is InChI=1S/C14H21Br2NO/c1-9(2)8-18-14-12(15)5-11(6-13(14)16)7-17-10(3)4/h5-6,9-10,17H,7-8H2,1-4H3. The second-order valence-corrected chi connectivity index (χ2v) is 6.84. The Bertz CT molecular complexity index is 368. The molecular formula is C14H21Br2NO. The van der Waals surface area contributed by atoms with Gasteiger partial charge in [-0.3, -0.25) is 0 Å². The van der Waals surface area contributed by atoms with Gasteiger partial charge in [-0.2, -0.15) is 0 Å². The first-order valence-corrected chi connectivity index (χ1v) is 7.82. The van der Waals surface area contributed by atoms with Gasteiger partial charge in [-0.1, -0.05) is 27.7 Å². The Balaban J connectivity index is 2.77. The van der Waals surface area contributed by atoms with Gasteiger partial charge in [0.1, 0.15) is 5.75 Å². The molecule has 1 aromatic carbocycles. The first kappa shape index (κ1) is 16.0. The van der Waals surface area contributed by atoms with E-state index in [4.69, 9.17) is 4.74 Å². The molecule has 1 N–H and O–H groups in total. The van der Waals surface area contributed by atoms with E-state index < -0.39 is 0 Å². The molecule has 4 heteroatoms. The van der Waals surface area contributed by atoms with Crippen molar-refractivity contribution in [1.82, 2.24) is 5.32 Å². The van der Waals surface area contributed by atoms with Gasteiger partial charge >= 0.3 is 0 Å². The Hall–Kier alpha value is -0.0600. The summed E-state index contributed by atoms with van der Waals surface area (Å²) in [5.74, 6) is 1.41. The maximum Gasteiger partial charge on any atom is 0.147 e. The molecular weight excluding hydrogens is 358 g/mol. The minimum atomic E-state index is 0.486. The number of ether oxygens (including phenoxy) is 1. The maximum atomic E-state index is 5.80. The summed E-state index contributed by atoms with van der Waals surface area (Å²) in [6, 6.07) is 4.70. The molecule has 0 radical (unpaired) electrons. The Morgan fingerprint density at radius 2 is 1.67 bits per heavy atom. The van der Waals surface area contributed by atoms with Crippen LogP contribution in [0.15, 0.2) is 21.1 Å². The van der Waals surface area contributed by atoms with Crippen LogP contribution in [0.25, 0.3) is 0 Å². The molecule has 0 spiro atoms.